The van der Waals surface area contributed by atoms with Gasteiger partial charge in [0, 0.05) is 23.8 Å². The van der Waals surface area contributed by atoms with Gasteiger partial charge in [-0.15, -0.1) is 0 Å². The fraction of sp³-hybridized carbons (Fsp3) is 0.538. The number of thiocarbonyl (C=S) groups is 1. The van der Waals surface area contributed by atoms with E-state index in [2.05, 4.69) is 23.7 Å². The van der Waals surface area contributed by atoms with Gasteiger partial charge in [0.25, 0.3) is 0 Å². The molecule has 1 aliphatic rings. The third-order valence-corrected chi connectivity index (χ3v) is 3.82. The molecule has 92 valence electrons. The molecule has 4 heteroatoms. The second kappa shape index (κ2) is 5.00. The Morgan fingerprint density at radius 3 is 3.00 bits per heavy atom. The van der Waals surface area contributed by atoms with Crippen molar-refractivity contribution in [2.24, 2.45) is 5.73 Å². The van der Waals surface area contributed by atoms with Gasteiger partial charge in [0.05, 0.1) is 11.9 Å². The van der Waals surface area contributed by atoms with Gasteiger partial charge in [0.2, 0.25) is 0 Å². The highest BCUT2D eigenvalue weighted by molar-refractivity contribution is 7.80. The van der Waals surface area contributed by atoms with E-state index in [0.29, 0.717) is 17.1 Å². The summed E-state index contributed by atoms with van der Waals surface area (Å²) in [6.45, 7) is 4.48. The molecule has 0 amide bonds. The molecule has 0 aliphatic carbocycles. The SMILES string of the molecule is CCC1CCC(C)N1c1cnccc1C(N)=S. The van der Waals surface area contributed by atoms with Crippen molar-refractivity contribution in [3.8, 4) is 0 Å². The van der Waals surface area contributed by atoms with E-state index >= 15 is 0 Å². The van der Waals surface area contributed by atoms with Crippen LogP contribution in [0.3, 0.4) is 0 Å². The number of anilines is 1. The first-order valence-corrected chi connectivity index (χ1v) is 6.58. The van der Waals surface area contributed by atoms with E-state index in [4.69, 9.17) is 18.0 Å². The number of hydrogen-bond donors (Lipinski definition) is 1. The van der Waals surface area contributed by atoms with Crippen LogP contribution < -0.4 is 10.6 Å². The van der Waals surface area contributed by atoms with Crippen LogP contribution in [0.25, 0.3) is 0 Å². The lowest BCUT2D eigenvalue weighted by Gasteiger charge is -2.31. The van der Waals surface area contributed by atoms with E-state index in [9.17, 15) is 0 Å². The van der Waals surface area contributed by atoms with Crippen molar-refractivity contribution in [3.05, 3.63) is 24.0 Å². The van der Waals surface area contributed by atoms with Crippen molar-refractivity contribution < 1.29 is 0 Å². The molecule has 3 nitrogen and oxygen atoms in total. The van der Waals surface area contributed by atoms with Crippen LogP contribution in [0.1, 0.15) is 38.7 Å². The van der Waals surface area contributed by atoms with Gasteiger partial charge in [-0.2, -0.15) is 0 Å². The molecule has 0 radical (unpaired) electrons. The molecule has 0 bridgehead atoms. The molecule has 2 rings (SSSR count). The first-order valence-electron chi connectivity index (χ1n) is 6.17. The van der Waals surface area contributed by atoms with Gasteiger partial charge in [0.15, 0.2) is 0 Å². The zero-order valence-electron chi connectivity index (χ0n) is 10.4. The fourth-order valence-corrected chi connectivity index (χ4v) is 2.88. The Bertz CT molecular complexity index is 419. The standard InChI is InChI=1S/C13H19N3S/c1-3-10-5-4-9(2)16(10)12-8-15-7-6-11(12)13(14)17/h6-10H,3-5H2,1-2H3,(H2,14,17). The van der Waals surface area contributed by atoms with Crippen molar-refractivity contribution in [2.45, 2.75) is 45.2 Å². The lowest BCUT2D eigenvalue weighted by Crippen LogP contribution is -2.35. The van der Waals surface area contributed by atoms with E-state index in [1.807, 2.05) is 12.3 Å². The van der Waals surface area contributed by atoms with Crippen molar-refractivity contribution in [1.82, 2.24) is 4.98 Å². The molecule has 0 saturated carbocycles. The Hall–Kier alpha value is -1.16. The highest BCUT2D eigenvalue weighted by atomic mass is 32.1. The minimum atomic E-state index is 0.455. The number of nitrogens with zero attached hydrogens (tertiary/aromatic N) is 2. The maximum Gasteiger partial charge on any atom is 0.106 e. The minimum Gasteiger partial charge on any atom is -0.389 e. The Labute approximate surface area is 108 Å². The van der Waals surface area contributed by atoms with Gasteiger partial charge in [0.1, 0.15) is 4.99 Å². The van der Waals surface area contributed by atoms with Crippen LogP contribution in [0.4, 0.5) is 5.69 Å². The van der Waals surface area contributed by atoms with Crippen LogP contribution in [0, 0.1) is 0 Å². The van der Waals surface area contributed by atoms with Crippen molar-refractivity contribution >= 4 is 22.9 Å². The molecule has 2 N–H and O–H groups in total. The maximum absolute atomic E-state index is 5.79. The molecule has 2 unspecified atom stereocenters. The third kappa shape index (κ3) is 2.27. The summed E-state index contributed by atoms with van der Waals surface area (Å²) in [7, 11) is 0. The van der Waals surface area contributed by atoms with E-state index in [-0.39, 0.29) is 0 Å². The summed E-state index contributed by atoms with van der Waals surface area (Å²) in [5.74, 6) is 0. The first kappa shape index (κ1) is 12.3. The van der Waals surface area contributed by atoms with Gasteiger partial charge in [-0.3, -0.25) is 4.98 Å². The highest BCUT2D eigenvalue weighted by Crippen LogP contribution is 2.33. The number of nitrogens with two attached hydrogens (primary N) is 1. The molecule has 0 spiro atoms. The molecule has 1 saturated heterocycles. The van der Waals surface area contributed by atoms with E-state index in [1.165, 1.54) is 12.8 Å². The molecule has 1 fully saturated rings. The molecule has 1 aliphatic heterocycles. The normalized spacial score (nSPS) is 24.0. The van der Waals surface area contributed by atoms with Gasteiger partial charge in [-0.1, -0.05) is 19.1 Å². The smallest absolute Gasteiger partial charge is 0.106 e. The van der Waals surface area contributed by atoms with Crippen LogP contribution in [0.15, 0.2) is 18.5 Å². The summed E-state index contributed by atoms with van der Waals surface area (Å²) in [6.07, 6.45) is 7.25. The summed E-state index contributed by atoms with van der Waals surface area (Å²) in [5.41, 5.74) is 7.83. The summed E-state index contributed by atoms with van der Waals surface area (Å²) in [4.78, 5) is 7.11. The molecular weight excluding hydrogens is 230 g/mol. The van der Waals surface area contributed by atoms with E-state index < -0.39 is 0 Å². The number of hydrogen-bond acceptors (Lipinski definition) is 3. The van der Waals surface area contributed by atoms with Crippen molar-refractivity contribution in [3.63, 3.8) is 0 Å². The zero-order valence-corrected chi connectivity index (χ0v) is 11.2. The van der Waals surface area contributed by atoms with E-state index in [1.54, 1.807) is 6.20 Å². The monoisotopic (exact) mass is 249 g/mol. The molecule has 1 aromatic heterocycles. The molecular formula is C13H19N3S. The molecule has 17 heavy (non-hydrogen) atoms. The molecule has 2 atom stereocenters. The number of aromatic nitrogens is 1. The molecule has 2 heterocycles. The van der Waals surface area contributed by atoms with Gasteiger partial charge in [-0.05, 0) is 32.3 Å². The van der Waals surface area contributed by atoms with Crippen molar-refractivity contribution in [2.75, 3.05) is 4.90 Å². The Morgan fingerprint density at radius 2 is 2.35 bits per heavy atom. The Kier molecular flexibility index (Phi) is 3.62. The van der Waals surface area contributed by atoms with E-state index in [0.717, 1.165) is 17.7 Å². The Balaban J connectivity index is 2.41. The minimum absolute atomic E-state index is 0.455. The van der Waals surface area contributed by atoms with Crippen LogP contribution >= 0.6 is 12.2 Å². The number of pyridine rings is 1. The second-order valence-corrected chi connectivity index (χ2v) is 5.09. The summed E-state index contributed by atoms with van der Waals surface area (Å²) < 4.78 is 0. The molecule has 1 aromatic rings. The number of rotatable bonds is 3. The predicted molar refractivity (Wildman–Crippen MR) is 75.4 cm³/mol. The highest BCUT2D eigenvalue weighted by Gasteiger charge is 2.31. The lowest BCUT2D eigenvalue weighted by molar-refractivity contribution is 0.627. The quantitative estimate of drug-likeness (QED) is 0.836. The Morgan fingerprint density at radius 1 is 1.59 bits per heavy atom. The van der Waals surface area contributed by atoms with Gasteiger partial charge >= 0.3 is 0 Å². The third-order valence-electron chi connectivity index (χ3n) is 3.60. The summed E-state index contributed by atoms with van der Waals surface area (Å²) in [5, 5.41) is 0. The lowest BCUT2D eigenvalue weighted by atomic mass is 10.1. The van der Waals surface area contributed by atoms with Crippen molar-refractivity contribution in [1.29, 1.82) is 0 Å². The maximum atomic E-state index is 5.79. The average Bonchev–Trinajstić information content (AvgIpc) is 2.70. The van der Waals surface area contributed by atoms with Gasteiger partial charge in [-0.25, -0.2) is 0 Å². The van der Waals surface area contributed by atoms with Crippen LogP contribution in [0.5, 0.6) is 0 Å². The predicted octanol–water partition coefficient (Wildman–Crippen LogP) is 2.48. The summed E-state index contributed by atoms with van der Waals surface area (Å²) in [6, 6.07) is 3.04. The molecule has 0 aromatic carbocycles. The largest absolute Gasteiger partial charge is 0.389 e. The second-order valence-electron chi connectivity index (χ2n) is 4.65. The first-order chi connectivity index (χ1) is 8.15. The van der Waals surface area contributed by atoms with Crippen LogP contribution in [-0.2, 0) is 0 Å². The summed E-state index contributed by atoms with van der Waals surface area (Å²) >= 11 is 5.12. The fourth-order valence-electron chi connectivity index (χ4n) is 2.71. The average molecular weight is 249 g/mol. The van der Waals surface area contributed by atoms with Gasteiger partial charge < -0.3 is 10.6 Å². The van der Waals surface area contributed by atoms with Crippen LogP contribution in [-0.4, -0.2) is 22.1 Å². The topological polar surface area (TPSA) is 42.2 Å². The zero-order chi connectivity index (χ0) is 12.4. The van der Waals surface area contributed by atoms with Crippen LogP contribution in [0.2, 0.25) is 0 Å².